The van der Waals surface area contributed by atoms with Gasteiger partial charge in [-0.15, -0.1) is 0 Å². The number of rotatable bonds is 10. The Hall–Kier alpha value is -0.640. The minimum absolute atomic E-state index is 0.0914. The molecule has 3 nitrogen and oxygen atoms in total. The highest BCUT2D eigenvalue weighted by atomic mass is 32.1. The first-order valence-corrected chi connectivity index (χ1v) is 8.39. The average Bonchev–Trinajstić information content (AvgIpc) is 2.41. The molecule has 118 valence electrons. The third kappa shape index (κ3) is 7.83. The van der Waals surface area contributed by atoms with E-state index in [0.717, 1.165) is 25.7 Å². The second kappa shape index (κ2) is 11.1. The van der Waals surface area contributed by atoms with Gasteiger partial charge in [0.1, 0.15) is 0 Å². The topological polar surface area (TPSA) is 38.3 Å². The molecule has 1 amide bonds. The van der Waals surface area contributed by atoms with Gasteiger partial charge in [-0.25, -0.2) is 4.79 Å². The quantitative estimate of drug-likeness (QED) is 0.443. The molecule has 0 aliphatic heterocycles. The predicted octanol–water partition coefficient (Wildman–Crippen LogP) is 5.23. The van der Waals surface area contributed by atoms with Crippen molar-refractivity contribution < 1.29 is 9.53 Å². The molecule has 0 aliphatic carbocycles. The molecule has 0 spiro atoms. The highest BCUT2D eigenvalue weighted by Crippen LogP contribution is 2.32. The summed E-state index contributed by atoms with van der Waals surface area (Å²) in [6, 6.07) is 0. The number of amides is 1. The minimum atomic E-state index is -0.422. The maximum Gasteiger partial charge on any atom is 0.412 e. The number of thiocarbonyl (C=S) groups is 1. The number of carbonyl (C=O) groups excluding carboxylic acids is 1. The molecular formula is C16H31NO2S. The highest BCUT2D eigenvalue weighted by molar-refractivity contribution is 7.80. The minimum Gasteiger partial charge on any atom is -0.450 e. The zero-order chi connectivity index (χ0) is 15.4. The van der Waals surface area contributed by atoms with Crippen LogP contribution in [0.25, 0.3) is 0 Å². The fourth-order valence-corrected chi connectivity index (χ4v) is 2.56. The molecule has 0 bridgehead atoms. The van der Waals surface area contributed by atoms with Crippen LogP contribution in [0.4, 0.5) is 4.79 Å². The SMILES string of the molecule is CCCCCCC(C)(CCCC)C(=S)NC(=O)OCC. The monoisotopic (exact) mass is 301 g/mol. The second-order valence-corrected chi connectivity index (χ2v) is 6.06. The van der Waals surface area contributed by atoms with Crippen LogP contribution in [0.2, 0.25) is 0 Å². The van der Waals surface area contributed by atoms with Gasteiger partial charge in [0.25, 0.3) is 0 Å². The van der Waals surface area contributed by atoms with Gasteiger partial charge in [0.15, 0.2) is 0 Å². The van der Waals surface area contributed by atoms with Gasteiger partial charge in [-0.05, 0) is 19.8 Å². The summed E-state index contributed by atoms with van der Waals surface area (Å²) in [7, 11) is 0. The molecule has 4 heteroatoms. The molecule has 0 aromatic rings. The van der Waals surface area contributed by atoms with Crippen LogP contribution in [-0.4, -0.2) is 17.7 Å². The summed E-state index contributed by atoms with van der Waals surface area (Å²) in [6.07, 6.45) is 8.83. The van der Waals surface area contributed by atoms with Crippen LogP contribution >= 0.6 is 12.2 Å². The van der Waals surface area contributed by atoms with E-state index in [2.05, 4.69) is 26.1 Å². The van der Waals surface area contributed by atoms with E-state index >= 15 is 0 Å². The standard InChI is InChI=1S/C16H31NO2S/c1-5-8-10-11-13-16(4,12-9-6-2)14(20)17-15(18)19-7-3/h5-13H2,1-4H3,(H,17,18,20). The van der Waals surface area contributed by atoms with Crippen molar-refractivity contribution in [3.8, 4) is 0 Å². The first-order valence-electron chi connectivity index (χ1n) is 7.98. The Kier molecular flexibility index (Phi) is 10.7. The number of hydrogen-bond donors (Lipinski definition) is 1. The molecule has 0 aromatic carbocycles. The normalized spacial score (nSPS) is 13.6. The fraction of sp³-hybridized carbons (Fsp3) is 0.875. The van der Waals surface area contributed by atoms with Gasteiger partial charge in [-0.1, -0.05) is 71.5 Å². The van der Waals surface area contributed by atoms with Crippen LogP contribution < -0.4 is 5.32 Å². The van der Waals surface area contributed by atoms with E-state index in [9.17, 15) is 4.79 Å². The number of ether oxygens (including phenoxy) is 1. The lowest BCUT2D eigenvalue weighted by Gasteiger charge is -2.30. The smallest absolute Gasteiger partial charge is 0.412 e. The molecule has 0 aliphatic rings. The molecule has 1 unspecified atom stereocenters. The zero-order valence-electron chi connectivity index (χ0n) is 13.6. The molecule has 0 saturated carbocycles. The summed E-state index contributed by atoms with van der Waals surface area (Å²) in [4.78, 5) is 12.2. The molecule has 0 fully saturated rings. The zero-order valence-corrected chi connectivity index (χ0v) is 14.4. The molecule has 0 rings (SSSR count). The van der Waals surface area contributed by atoms with Crippen molar-refractivity contribution in [2.45, 2.75) is 79.1 Å². The van der Waals surface area contributed by atoms with Gasteiger partial charge < -0.3 is 4.74 Å². The Labute approximate surface area is 129 Å². The van der Waals surface area contributed by atoms with Crippen molar-refractivity contribution in [1.29, 1.82) is 0 Å². The van der Waals surface area contributed by atoms with Crippen LogP contribution in [0, 0.1) is 5.41 Å². The first kappa shape index (κ1) is 19.4. The maximum absolute atomic E-state index is 11.5. The number of unbranched alkanes of at least 4 members (excludes halogenated alkanes) is 4. The lowest BCUT2D eigenvalue weighted by molar-refractivity contribution is 0.156. The largest absolute Gasteiger partial charge is 0.450 e. The Balaban J connectivity index is 4.48. The Morgan fingerprint density at radius 3 is 2.20 bits per heavy atom. The molecule has 0 heterocycles. The van der Waals surface area contributed by atoms with E-state index in [4.69, 9.17) is 17.0 Å². The Bertz CT molecular complexity index is 294. The van der Waals surface area contributed by atoms with Gasteiger partial charge in [-0.3, -0.25) is 5.32 Å². The van der Waals surface area contributed by atoms with E-state index < -0.39 is 6.09 Å². The molecule has 0 saturated heterocycles. The number of alkyl carbamates (subject to hydrolysis) is 1. The van der Waals surface area contributed by atoms with Crippen LogP contribution in [0.15, 0.2) is 0 Å². The van der Waals surface area contributed by atoms with E-state index in [1.807, 2.05) is 0 Å². The molecule has 0 radical (unpaired) electrons. The van der Waals surface area contributed by atoms with Crippen LogP contribution in [0.5, 0.6) is 0 Å². The molecular weight excluding hydrogens is 270 g/mol. The van der Waals surface area contributed by atoms with Gasteiger partial charge in [0, 0.05) is 5.41 Å². The summed E-state index contributed by atoms with van der Waals surface area (Å²) < 4.78 is 4.92. The maximum atomic E-state index is 11.5. The van der Waals surface area contributed by atoms with Crippen LogP contribution in [0.1, 0.15) is 79.1 Å². The summed E-state index contributed by atoms with van der Waals surface area (Å²) in [6.45, 7) is 8.73. The van der Waals surface area contributed by atoms with Crippen LogP contribution in [0.3, 0.4) is 0 Å². The molecule has 0 aromatic heterocycles. The van der Waals surface area contributed by atoms with E-state index in [1.165, 1.54) is 25.7 Å². The van der Waals surface area contributed by atoms with E-state index in [1.54, 1.807) is 6.92 Å². The second-order valence-electron chi connectivity index (χ2n) is 5.65. The molecule has 20 heavy (non-hydrogen) atoms. The number of carbonyl (C=O) groups is 1. The Morgan fingerprint density at radius 2 is 1.65 bits per heavy atom. The lowest BCUT2D eigenvalue weighted by Crippen LogP contribution is -2.41. The average molecular weight is 301 g/mol. The fourth-order valence-electron chi connectivity index (χ4n) is 2.27. The summed E-state index contributed by atoms with van der Waals surface area (Å²) in [5, 5.41) is 2.74. The summed E-state index contributed by atoms with van der Waals surface area (Å²) in [5.41, 5.74) is -0.0914. The van der Waals surface area contributed by atoms with Gasteiger partial charge in [-0.2, -0.15) is 0 Å². The third-order valence-corrected chi connectivity index (χ3v) is 4.30. The van der Waals surface area contributed by atoms with Crippen molar-refractivity contribution in [3.05, 3.63) is 0 Å². The van der Waals surface area contributed by atoms with E-state index in [0.29, 0.717) is 11.6 Å². The number of hydrogen-bond acceptors (Lipinski definition) is 3. The highest BCUT2D eigenvalue weighted by Gasteiger charge is 2.29. The third-order valence-electron chi connectivity index (χ3n) is 3.70. The summed E-state index contributed by atoms with van der Waals surface area (Å²) >= 11 is 5.46. The van der Waals surface area contributed by atoms with Crippen molar-refractivity contribution >= 4 is 23.3 Å². The van der Waals surface area contributed by atoms with Gasteiger partial charge in [0.05, 0.1) is 11.6 Å². The van der Waals surface area contributed by atoms with Crippen molar-refractivity contribution in [2.75, 3.05) is 6.61 Å². The lowest BCUT2D eigenvalue weighted by atomic mass is 9.79. The molecule has 1 atom stereocenters. The van der Waals surface area contributed by atoms with Crippen molar-refractivity contribution in [1.82, 2.24) is 5.32 Å². The van der Waals surface area contributed by atoms with Crippen molar-refractivity contribution in [2.24, 2.45) is 5.41 Å². The Morgan fingerprint density at radius 1 is 1.05 bits per heavy atom. The van der Waals surface area contributed by atoms with Gasteiger partial charge >= 0.3 is 6.09 Å². The summed E-state index contributed by atoms with van der Waals surface area (Å²) in [5.74, 6) is 0. The van der Waals surface area contributed by atoms with Crippen molar-refractivity contribution in [3.63, 3.8) is 0 Å². The first-order chi connectivity index (χ1) is 9.50. The molecule has 1 N–H and O–H groups in total. The number of nitrogens with one attached hydrogen (secondary N) is 1. The van der Waals surface area contributed by atoms with Crippen LogP contribution in [-0.2, 0) is 4.74 Å². The predicted molar refractivity (Wildman–Crippen MR) is 89.1 cm³/mol. The van der Waals surface area contributed by atoms with E-state index in [-0.39, 0.29) is 5.41 Å². The van der Waals surface area contributed by atoms with Gasteiger partial charge in [0.2, 0.25) is 0 Å².